The predicted octanol–water partition coefficient (Wildman–Crippen LogP) is 7.81. The first-order chi connectivity index (χ1) is 25.6. The smallest absolute Gasteiger partial charge is 0.274 e. The van der Waals surface area contributed by atoms with Gasteiger partial charge in [-0.3, -0.25) is 9.59 Å². The van der Waals surface area contributed by atoms with Crippen molar-refractivity contribution >= 4 is 31.9 Å². The SMILES string of the molecule is CC(=O)N(Cc1ccc(F)[c-]c1F)S(=O)(=O)c1ccccc1.CC(=O)N(Cc1ccc(F)[c-]c1F)S(=O)(=O)c1ccccc1.[Ti+4].c1cc[cH-]c1.c1cc[cH-]c1. The zero-order valence-electron chi connectivity index (χ0n) is 29.4. The number of hydrogen-bond donors (Lipinski definition) is 0. The molecule has 0 saturated carbocycles. The number of rotatable bonds is 8. The quantitative estimate of drug-likeness (QED) is 0.0881. The minimum Gasteiger partial charge on any atom is -0.274 e. The molecule has 0 aliphatic carbocycles. The van der Waals surface area contributed by atoms with Crippen LogP contribution in [0.25, 0.3) is 0 Å². The number of hydrogen-bond acceptors (Lipinski definition) is 6. The van der Waals surface area contributed by atoms with Crippen molar-refractivity contribution in [3.05, 3.63) is 192 Å². The number of nitrogens with zero attached hydrogens (tertiary/aromatic N) is 2. The Kier molecular flexibility index (Phi) is 18.6. The number of sulfonamides is 2. The topological polar surface area (TPSA) is 109 Å². The van der Waals surface area contributed by atoms with E-state index < -0.39 is 68.2 Å². The minimum absolute atomic E-state index is 0. The van der Waals surface area contributed by atoms with Gasteiger partial charge in [0.1, 0.15) is 0 Å². The van der Waals surface area contributed by atoms with E-state index >= 15 is 0 Å². The van der Waals surface area contributed by atoms with Gasteiger partial charge in [-0.2, -0.15) is 48.5 Å². The van der Waals surface area contributed by atoms with Crippen LogP contribution in [0.2, 0.25) is 0 Å². The Bertz CT molecular complexity index is 2080. The molecule has 0 radical (unpaired) electrons. The van der Waals surface area contributed by atoms with E-state index in [0.717, 1.165) is 38.1 Å². The Morgan fingerprint density at radius 2 is 0.836 bits per heavy atom. The van der Waals surface area contributed by atoms with Crippen molar-refractivity contribution in [2.24, 2.45) is 0 Å². The maximum atomic E-state index is 13.6. The summed E-state index contributed by atoms with van der Waals surface area (Å²) >= 11 is 0. The van der Waals surface area contributed by atoms with E-state index in [1.54, 1.807) is 12.1 Å². The summed E-state index contributed by atoms with van der Waals surface area (Å²) < 4.78 is 104. The van der Waals surface area contributed by atoms with Crippen molar-refractivity contribution in [3.8, 4) is 0 Å². The second kappa shape index (κ2) is 22.3. The molecular formula is C40H34F4N2O6S2Ti. The van der Waals surface area contributed by atoms with Crippen molar-refractivity contribution in [2.75, 3.05) is 0 Å². The van der Waals surface area contributed by atoms with Gasteiger partial charge in [0.25, 0.3) is 20.0 Å². The maximum Gasteiger partial charge on any atom is 4.00 e. The molecule has 0 fully saturated rings. The van der Waals surface area contributed by atoms with Crippen LogP contribution in [0, 0.1) is 35.4 Å². The molecule has 8 nitrogen and oxygen atoms in total. The summed E-state index contributed by atoms with van der Waals surface area (Å²) in [6.07, 6.45) is 0. The molecule has 0 saturated heterocycles. The van der Waals surface area contributed by atoms with Crippen LogP contribution in [-0.2, 0) is 64.4 Å². The third-order valence-electron chi connectivity index (χ3n) is 6.99. The molecule has 0 atom stereocenters. The molecule has 6 rings (SSSR count). The zero-order valence-corrected chi connectivity index (χ0v) is 32.6. The molecule has 0 spiro atoms. The molecule has 284 valence electrons. The number of benzene rings is 4. The Labute approximate surface area is 333 Å². The Morgan fingerprint density at radius 3 is 1.07 bits per heavy atom. The average Bonchev–Trinajstić information content (AvgIpc) is 3.92. The van der Waals surface area contributed by atoms with Crippen LogP contribution in [-0.4, -0.2) is 37.3 Å². The Balaban J connectivity index is 0.000000298. The van der Waals surface area contributed by atoms with E-state index in [-0.39, 0.29) is 42.6 Å². The molecule has 2 amide bonds. The molecule has 0 heterocycles. The fraction of sp³-hybridized carbons (Fsp3) is 0.100. The molecule has 55 heavy (non-hydrogen) atoms. The third kappa shape index (κ3) is 14.2. The van der Waals surface area contributed by atoms with Crippen molar-refractivity contribution < 1.29 is 65.7 Å². The van der Waals surface area contributed by atoms with E-state index in [0.29, 0.717) is 8.61 Å². The largest absolute Gasteiger partial charge is 4.00 e. The minimum atomic E-state index is -4.12. The van der Waals surface area contributed by atoms with Gasteiger partial charge in [-0.1, -0.05) is 36.4 Å². The fourth-order valence-corrected chi connectivity index (χ4v) is 7.12. The van der Waals surface area contributed by atoms with Gasteiger partial charge in [0, 0.05) is 50.2 Å². The molecule has 0 unspecified atom stereocenters. The molecule has 6 aromatic rings. The Morgan fingerprint density at radius 1 is 0.527 bits per heavy atom. The zero-order chi connectivity index (χ0) is 39.7. The van der Waals surface area contributed by atoms with Gasteiger partial charge in [-0.15, -0.1) is 35.4 Å². The van der Waals surface area contributed by atoms with Crippen LogP contribution in [0.15, 0.2) is 155 Å². The third-order valence-corrected chi connectivity index (χ3v) is 10.7. The molecule has 0 aliphatic rings. The summed E-state index contributed by atoms with van der Waals surface area (Å²) in [7, 11) is -8.23. The molecule has 0 N–H and O–H groups in total. The molecule has 0 bridgehead atoms. The van der Waals surface area contributed by atoms with Crippen LogP contribution in [0.1, 0.15) is 25.0 Å². The molecular weight excluding hydrogens is 792 g/mol. The summed E-state index contributed by atoms with van der Waals surface area (Å²) in [5.74, 6) is -5.41. The van der Waals surface area contributed by atoms with Gasteiger partial charge in [0.2, 0.25) is 11.8 Å². The first-order valence-electron chi connectivity index (χ1n) is 15.9. The first-order valence-corrected chi connectivity index (χ1v) is 18.7. The summed E-state index contributed by atoms with van der Waals surface area (Å²) in [6.45, 7) is 1.06. The van der Waals surface area contributed by atoms with E-state index in [1.165, 1.54) is 48.5 Å². The standard InChI is InChI=1S/2C15H12F2NO3S.2C5H5.Ti/c2*1-11(19)18(10-12-7-8-13(16)9-15(12)17)22(20,21)14-5-3-2-4-6-14;2*1-2-4-5-3-1;/h2*2-8H,10H2,1H3;2*1-5H;/q4*-1;+4. The van der Waals surface area contributed by atoms with Crippen LogP contribution in [0.5, 0.6) is 0 Å². The van der Waals surface area contributed by atoms with Gasteiger partial charge in [-0.25, -0.2) is 67.3 Å². The Hall–Kier alpha value is -5.15. The average molecular weight is 827 g/mol. The van der Waals surface area contributed by atoms with E-state index in [1.807, 2.05) is 72.8 Å². The van der Waals surface area contributed by atoms with Gasteiger partial charge >= 0.3 is 21.7 Å². The summed E-state index contributed by atoms with van der Waals surface area (Å²) in [5.41, 5.74) is -0.285. The maximum absolute atomic E-state index is 13.6. The van der Waals surface area contributed by atoms with Gasteiger partial charge < -0.3 is 0 Å². The summed E-state index contributed by atoms with van der Waals surface area (Å²) in [4.78, 5) is 23.2. The van der Waals surface area contributed by atoms with Crippen molar-refractivity contribution in [1.82, 2.24) is 8.61 Å². The normalized spacial score (nSPS) is 10.4. The fourth-order valence-electron chi connectivity index (χ4n) is 4.31. The molecule has 15 heteroatoms. The number of carbonyl (C=O) groups excluding carboxylic acids is 2. The van der Waals surface area contributed by atoms with Crippen molar-refractivity contribution in [2.45, 2.75) is 36.7 Å². The van der Waals surface area contributed by atoms with Crippen LogP contribution >= 0.6 is 0 Å². The second-order valence-corrected chi connectivity index (χ2v) is 14.6. The van der Waals surface area contributed by atoms with E-state index in [9.17, 15) is 44.0 Å². The van der Waals surface area contributed by atoms with Gasteiger partial charge in [0.05, 0.1) is 9.79 Å². The molecule has 0 aliphatic heterocycles. The number of carbonyl (C=O) groups is 2. The van der Waals surface area contributed by atoms with Crippen molar-refractivity contribution in [3.63, 3.8) is 0 Å². The summed E-state index contributed by atoms with van der Waals surface area (Å²) in [6, 6.07) is 42.3. The van der Waals surface area contributed by atoms with Crippen LogP contribution < -0.4 is 0 Å². The molecule has 0 aromatic heterocycles. The van der Waals surface area contributed by atoms with Crippen molar-refractivity contribution in [1.29, 1.82) is 0 Å². The monoisotopic (exact) mass is 826 g/mol. The van der Waals surface area contributed by atoms with Crippen LogP contribution in [0.4, 0.5) is 17.6 Å². The number of amides is 2. The van der Waals surface area contributed by atoms with Gasteiger partial charge in [-0.05, 0) is 24.3 Å². The van der Waals surface area contributed by atoms with Crippen LogP contribution in [0.3, 0.4) is 0 Å². The first kappa shape index (κ1) is 46.0. The van der Waals surface area contributed by atoms with E-state index in [4.69, 9.17) is 0 Å². The van der Waals surface area contributed by atoms with E-state index in [2.05, 4.69) is 0 Å². The molecule has 6 aromatic carbocycles. The second-order valence-electron chi connectivity index (χ2n) is 10.9. The van der Waals surface area contributed by atoms with Gasteiger partial charge in [0.15, 0.2) is 0 Å². The number of halogens is 4. The predicted molar refractivity (Wildman–Crippen MR) is 194 cm³/mol. The summed E-state index contributed by atoms with van der Waals surface area (Å²) in [5, 5.41) is 0.